The lowest BCUT2D eigenvalue weighted by Crippen LogP contribution is -2.16. The Balaban J connectivity index is 2.05. The smallest absolute Gasteiger partial charge is 0.123 e. The minimum Gasteiger partial charge on any atom is -0.323 e. The van der Waals surface area contributed by atoms with Gasteiger partial charge in [0, 0.05) is 21.0 Å². The van der Waals surface area contributed by atoms with Gasteiger partial charge < -0.3 is 5.73 Å². The highest BCUT2D eigenvalue weighted by Gasteiger charge is 2.22. The Morgan fingerprint density at radius 2 is 2.29 bits per heavy atom. The summed E-state index contributed by atoms with van der Waals surface area (Å²) >= 11 is 5.28. The lowest BCUT2D eigenvalue weighted by atomic mass is 9.99. The quantitative estimate of drug-likeness (QED) is 0.867. The van der Waals surface area contributed by atoms with E-state index in [4.69, 9.17) is 10.7 Å². The summed E-state index contributed by atoms with van der Waals surface area (Å²) in [5, 5.41) is 1.09. The third kappa shape index (κ3) is 2.17. The van der Waals surface area contributed by atoms with E-state index < -0.39 is 0 Å². The third-order valence-corrected chi connectivity index (χ3v) is 4.74. The van der Waals surface area contributed by atoms with Gasteiger partial charge in [0.15, 0.2) is 0 Å². The predicted molar refractivity (Wildman–Crippen MR) is 75.1 cm³/mol. The van der Waals surface area contributed by atoms with Crippen molar-refractivity contribution in [3.63, 3.8) is 0 Å². The first-order valence-corrected chi connectivity index (χ1v) is 7.36. The molecule has 0 bridgehead atoms. The first-order valence-electron chi connectivity index (χ1n) is 5.75. The van der Waals surface area contributed by atoms with Crippen LogP contribution in [0.3, 0.4) is 0 Å². The molecule has 0 aliphatic heterocycles. The van der Waals surface area contributed by atoms with E-state index >= 15 is 0 Å². The zero-order valence-electron chi connectivity index (χ0n) is 9.32. The van der Waals surface area contributed by atoms with Crippen molar-refractivity contribution in [2.45, 2.75) is 25.3 Å². The summed E-state index contributed by atoms with van der Waals surface area (Å²) in [5.74, 6) is 0. The maximum absolute atomic E-state index is 6.10. The number of hydrogen-bond acceptors (Lipinski definition) is 3. The van der Waals surface area contributed by atoms with Gasteiger partial charge >= 0.3 is 0 Å². The molecule has 0 amide bonds. The van der Waals surface area contributed by atoms with E-state index in [1.54, 1.807) is 11.3 Å². The van der Waals surface area contributed by atoms with Crippen LogP contribution in [0.2, 0.25) is 0 Å². The van der Waals surface area contributed by atoms with E-state index in [0.717, 1.165) is 28.0 Å². The van der Waals surface area contributed by atoms with Crippen molar-refractivity contribution < 1.29 is 0 Å². The molecule has 0 spiro atoms. The van der Waals surface area contributed by atoms with Gasteiger partial charge in [-0.05, 0) is 31.4 Å². The number of nitrogens with zero attached hydrogens (tertiary/aromatic N) is 1. The maximum Gasteiger partial charge on any atom is 0.123 e. The Labute approximate surface area is 113 Å². The lowest BCUT2D eigenvalue weighted by Gasteiger charge is -2.15. The fourth-order valence-electron chi connectivity index (χ4n) is 2.20. The van der Waals surface area contributed by atoms with Gasteiger partial charge in [0.25, 0.3) is 0 Å². The Morgan fingerprint density at radius 3 is 3.06 bits per heavy atom. The molecule has 1 aliphatic rings. The summed E-state index contributed by atoms with van der Waals surface area (Å²) in [4.78, 5) is 6.09. The normalized spacial score (nSPS) is 19.1. The van der Waals surface area contributed by atoms with Crippen LogP contribution in [-0.4, -0.2) is 4.98 Å². The van der Waals surface area contributed by atoms with Crippen molar-refractivity contribution in [2.75, 3.05) is 0 Å². The molecule has 0 saturated carbocycles. The van der Waals surface area contributed by atoms with Gasteiger partial charge in [-0.25, -0.2) is 4.98 Å². The molecule has 1 aromatic heterocycles. The second-order valence-electron chi connectivity index (χ2n) is 4.34. The highest BCUT2D eigenvalue weighted by molar-refractivity contribution is 9.10. The Bertz CT molecular complexity index is 550. The molecule has 3 rings (SSSR count). The summed E-state index contributed by atoms with van der Waals surface area (Å²) in [6.07, 6.45) is 3.39. The van der Waals surface area contributed by atoms with Gasteiger partial charge in [-0.2, -0.15) is 0 Å². The first kappa shape index (κ1) is 11.4. The average molecular weight is 309 g/mol. The van der Waals surface area contributed by atoms with Gasteiger partial charge in [-0.1, -0.05) is 28.1 Å². The number of benzene rings is 1. The standard InChI is InChI=1S/C13H13BrN2S/c14-9-4-1-3-8(7-9)13-16-12-10(15)5-2-6-11(12)17-13/h1,3-4,7,10H,2,5-6,15H2. The predicted octanol–water partition coefficient (Wildman–Crippen LogP) is 3.91. The molecule has 1 heterocycles. The topological polar surface area (TPSA) is 38.9 Å². The minimum atomic E-state index is 0.135. The molecule has 0 fully saturated rings. The van der Waals surface area contributed by atoms with E-state index in [-0.39, 0.29) is 6.04 Å². The fraction of sp³-hybridized carbons (Fsp3) is 0.308. The van der Waals surface area contributed by atoms with Crippen molar-refractivity contribution >= 4 is 27.3 Å². The van der Waals surface area contributed by atoms with Crippen molar-refractivity contribution in [2.24, 2.45) is 5.73 Å². The largest absolute Gasteiger partial charge is 0.323 e. The van der Waals surface area contributed by atoms with Crippen molar-refractivity contribution in [3.05, 3.63) is 39.3 Å². The highest BCUT2D eigenvalue weighted by atomic mass is 79.9. The molecule has 2 aromatic rings. The molecule has 17 heavy (non-hydrogen) atoms. The second-order valence-corrected chi connectivity index (χ2v) is 6.34. The van der Waals surface area contributed by atoms with Crippen molar-refractivity contribution in [3.8, 4) is 10.6 Å². The van der Waals surface area contributed by atoms with Gasteiger partial charge in [-0.3, -0.25) is 0 Å². The summed E-state index contributed by atoms with van der Waals surface area (Å²) in [6.45, 7) is 0. The number of thiazole rings is 1. The molecule has 1 atom stereocenters. The average Bonchev–Trinajstić information content (AvgIpc) is 2.74. The van der Waals surface area contributed by atoms with Crippen LogP contribution in [0.25, 0.3) is 10.6 Å². The molecule has 0 saturated heterocycles. The van der Waals surface area contributed by atoms with Crippen LogP contribution in [0.1, 0.15) is 29.5 Å². The van der Waals surface area contributed by atoms with Crippen LogP contribution in [0, 0.1) is 0 Å². The summed E-state index contributed by atoms with van der Waals surface area (Å²) in [7, 11) is 0. The van der Waals surface area contributed by atoms with Gasteiger partial charge in [-0.15, -0.1) is 11.3 Å². The zero-order valence-corrected chi connectivity index (χ0v) is 11.7. The minimum absolute atomic E-state index is 0.135. The molecule has 1 aromatic carbocycles. The number of nitrogens with two attached hydrogens (primary N) is 1. The van der Waals surface area contributed by atoms with Crippen LogP contribution >= 0.6 is 27.3 Å². The van der Waals surface area contributed by atoms with Crippen molar-refractivity contribution in [1.82, 2.24) is 4.98 Å². The zero-order chi connectivity index (χ0) is 11.8. The monoisotopic (exact) mass is 308 g/mol. The van der Waals surface area contributed by atoms with Crippen LogP contribution in [0.5, 0.6) is 0 Å². The van der Waals surface area contributed by atoms with Crippen LogP contribution in [0.15, 0.2) is 28.7 Å². The SMILES string of the molecule is NC1CCCc2sc(-c3cccc(Br)c3)nc21. The van der Waals surface area contributed by atoms with E-state index in [0.29, 0.717) is 0 Å². The molecule has 1 aliphatic carbocycles. The van der Waals surface area contributed by atoms with Gasteiger partial charge in [0.05, 0.1) is 5.69 Å². The van der Waals surface area contributed by atoms with Crippen molar-refractivity contribution in [1.29, 1.82) is 0 Å². The van der Waals surface area contributed by atoms with Crippen LogP contribution in [0.4, 0.5) is 0 Å². The van der Waals surface area contributed by atoms with Crippen LogP contribution < -0.4 is 5.73 Å². The fourth-order valence-corrected chi connectivity index (χ4v) is 3.77. The van der Waals surface area contributed by atoms with Gasteiger partial charge in [0.1, 0.15) is 5.01 Å². The second kappa shape index (κ2) is 4.52. The Kier molecular flexibility index (Phi) is 3.03. The Hall–Kier alpha value is -0.710. The molecule has 88 valence electrons. The molecule has 1 unspecified atom stereocenters. The summed E-state index contributed by atoms with van der Waals surface area (Å²) in [5.41, 5.74) is 8.40. The summed E-state index contributed by atoms with van der Waals surface area (Å²) in [6, 6.07) is 8.41. The lowest BCUT2D eigenvalue weighted by molar-refractivity contribution is 0.564. The van der Waals surface area contributed by atoms with E-state index in [1.807, 2.05) is 12.1 Å². The summed E-state index contributed by atoms with van der Waals surface area (Å²) < 4.78 is 1.09. The highest BCUT2D eigenvalue weighted by Crippen LogP contribution is 2.36. The molecule has 2 nitrogen and oxygen atoms in total. The molecule has 0 radical (unpaired) electrons. The van der Waals surface area contributed by atoms with Gasteiger partial charge in [0.2, 0.25) is 0 Å². The number of halogens is 1. The van der Waals surface area contributed by atoms with E-state index in [1.165, 1.54) is 16.9 Å². The molecule has 2 N–H and O–H groups in total. The van der Waals surface area contributed by atoms with Crippen LogP contribution in [-0.2, 0) is 6.42 Å². The maximum atomic E-state index is 6.10. The van der Waals surface area contributed by atoms with E-state index in [9.17, 15) is 0 Å². The number of aromatic nitrogens is 1. The Morgan fingerprint density at radius 1 is 1.41 bits per heavy atom. The number of fused-ring (bicyclic) bond motifs is 1. The van der Waals surface area contributed by atoms with E-state index in [2.05, 4.69) is 28.1 Å². The molecule has 4 heteroatoms. The number of rotatable bonds is 1. The third-order valence-electron chi connectivity index (χ3n) is 3.07. The number of hydrogen-bond donors (Lipinski definition) is 1. The molecular formula is C13H13BrN2S. The molecular weight excluding hydrogens is 296 g/mol. The number of aryl methyl sites for hydroxylation is 1. The first-order chi connectivity index (χ1) is 8.24.